The second-order valence-electron chi connectivity index (χ2n) is 4.51. The molecule has 0 spiro atoms. The van der Waals surface area contributed by atoms with Crippen molar-refractivity contribution in [1.82, 2.24) is 5.43 Å². The molecule has 0 saturated carbocycles. The number of hydrogen-bond donors (Lipinski definition) is 2. The molecule has 0 aliphatic heterocycles. The molecule has 0 heterocycles. The van der Waals surface area contributed by atoms with Crippen molar-refractivity contribution >= 4 is 11.6 Å². The molecule has 1 atom stereocenters. The van der Waals surface area contributed by atoms with Gasteiger partial charge in [-0.15, -0.1) is 0 Å². The molecule has 2 rings (SSSR count). The second kappa shape index (κ2) is 6.23. The van der Waals surface area contributed by atoms with E-state index in [2.05, 4.69) is 11.5 Å². The van der Waals surface area contributed by atoms with E-state index < -0.39 is 0 Å². The summed E-state index contributed by atoms with van der Waals surface area (Å²) in [6.45, 7) is 0. The smallest absolute Gasteiger partial charge is 0.124 e. The summed E-state index contributed by atoms with van der Waals surface area (Å²) >= 11 is 6.07. The number of allylic oxidation sites excluding steroid dienone is 1. The molecule has 0 aromatic heterocycles. The van der Waals surface area contributed by atoms with Crippen molar-refractivity contribution in [3.05, 3.63) is 40.4 Å². The standard InChI is InChI=1S/C14H19ClN2O/c1-18-13-8-7-11(15)9-12(13)14(17-16)10-5-3-2-4-6-10/h5,7-9,14,17H,2-4,6,16H2,1H3. The van der Waals surface area contributed by atoms with E-state index in [4.69, 9.17) is 22.2 Å². The Morgan fingerprint density at radius 1 is 1.39 bits per heavy atom. The zero-order valence-corrected chi connectivity index (χ0v) is 11.3. The van der Waals surface area contributed by atoms with E-state index in [1.54, 1.807) is 7.11 Å². The maximum atomic E-state index is 6.07. The number of halogens is 1. The van der Waals surface area contributed by atoms with Gasteiger partial charge in [0.05, 0.1) is 13.2 Å². The minimum absolute atomic E-state index is 0.0149. The number of methoxy groups -OCH3 is 1. The van der Waals surface area contributed by atoms with Crippen LogP contribution in [0.15, 0.2) is 29.8 Å². The van der Waals surface area contributed by atoms with E-state index in [0.29, 0.717) is 5.02 Å². The van der Waals surface area contributed by atoms with E-state index in [1.165, 1.54) is 18.4 Å². The predicted octanol–water partition coefficient (Wildman–Crippen LogP) is 3.35. The summed E-state index contributed by atoms with van der Waals surface area (Å²) in [5, 5.41) is 0.697. The fourth-order valence-electron chi connectivity index (χ4n) is 2.45. The summed E-state index contributed by atoms with van der Waals surface area (Å²) in [6.07, 6.45) is 6.94. The highest BCUT2D eigenvalue weighted by atomic mass is 35.5. The van der Waals surface area contributed by atoms with Gasteiger partial charge in [-0.25, -0.2) is 5.43 Å². The van der Waals surface area contributed by atoms with E-state index in [9.17, 15) is 0 Å². The molecule has 98 valence electrons. The van der Waals surface area contributed by atoms with Crippen molar-refractivity contribution in [3.8, 4) is 5.75 Å². The van der Waals surface area contributed by atoms with Crippen LogP contribution in [0.3, 0.4) is 0 Å². The molecule has 0 saturated heterocycles. The first kappa shape index (κ1) is 13.4. The Hall–Kier alpha value is -1.03. The highest BCUT2D eigenvalue weighted by Gasteiger charge is 2.20. The van der Waals surface area contributed by atoms with Gasteiger partial charge in [0.15, 0.2) is 0 Å². The van der Waals surface area contributed by atoms with Crippen LogP contribution >= 0.6 is 11.6 Å². The summed E-state index contributed by atoms with van der Waals surface area (Å²) in [5.41, 5.74) is 5.21. The number of nitrogens with two attached hydrogens (primary N) is 1. The minimum atomic E-state index is -0.0149. The quantitative estimate of drug-likeness (QED) is 0.499. The van der Waals surface area contributed by atoms with Crippen LogP contribution in [0.5, 0.6) is 5.75 Å². The molecule has 0 radical (unpaired) electrons. The average molecular weight is 267 g/mol. The van der Waals surface area contributed by atoms with Crippen LogP contribution in [0.25, 0.3) is 0 Å². The van der Waals surface area contributed by atoms with Crippen molar-refractivity contribution < 1.29 is 4.74 Å². The Morgan fingerprint density at radius 2 is 2.22 bits per heavy atom. The van der Waals surface area contributed by atoms with Gasteiger partial charge in [-0.3, -0.25) is 5.84 Å². The number of ether oxygens (including phenoxy) is 1. The Bertz CT molecular complexity index is 445. The van der Waals surface area contributed by atoms with Gasteiger partial charge < -0.3 is 4.74 Å². The molecule has 3 N–H and O–H groups in total. The van der Waals surface area contributed by atoms with Crippen LogP contribution in [-0.4, -0.2) is 7.11 Å². The third kappa shape index (κ3) is 2.86. The Labute approximate surface area is 113 Å². The molecule has 1 aromatic rings. The van der Waals surface area contributed by atoms with Gasteiger partial charge in [0, 0.05) is 10.6 Å². The van der Waals surface area contributed by atoms with Crippen LogP contribution in [0.4, 0.5) is 0 Å². The third-order valence-electron chi connectivity index (χ3n) is 3.37. The first-order valence-electron chi connectivity index (χ1n) is 6.24. The summed E-state index contributed by atoms with van der Waals surface area (Å²) in [6, 6.07) is 5.61. The fourth-order valence-corrected chi connectivity index (χ4v) is 2.63. The monoisotopic (exact) mass is 266 g/mol. The van der Waals surface area contributed by atoms with E-state index in [1.807, 2.05) is 18.2 Å². The maximum absolute atomic E-state index is 6.07. The second-order valence-corrected chi connectivity index (χ2v) is 4.95. The highest BCUT2D eigenvalue weighted by molar-refractivity contribution is 6.30. The largest absolute Gasteiger partial charge is 0.496 e. The van der Waals surface area contributed by atoms with Crippen LogP contribution in [0.1, 0.15) is 37.3 Å². The van der Waals surface area contributed by atoms with Crippen LogP contribution < -0.4 is 16.0 Å². The molecule has 1 aliphatic carbocycles. The number of hydrazine groups is 1. The zero-order chi connectivity index (χ0) is 13.0. The van der Waals surface area contributed by atoms with E-state index in [0.717, 1.165) is 24.2 Å². The first-order valence-corrected chi connectivity index (χ1v) is 6.62. The molecule has 4 heteroatoms. The molecule has 0 amide bonds. The van der Waals surface area contributed by atoms with Gasteiger partial charge in [-0.05, 0) is 43.9 Å². The lowest BCUT2D eigenvalue weighted by atomic mass is 9.90. The summed E-state index contributed by atoms with van der Waals surface area (Å²) < 4.78 is 5.39. The molecular weight excluding hydrogens is 248 g/mol. The number of hydrogen-bond acceptors (Lipinski definition) is 3. The van der Waals surface area contributed by atoms with Gasteiger partial charge in [0.1, 0.15) is 5.75 Å². The van der Waals surface area contributed by atoms with Gasteiger partial charge in [-0.2, -0.15) is 0 Å². The van der Waals surface area contributed by atoms with E-state index in [-0.39, 0.29) is 6.04 Å². The SMILES string of the molecule is COc1ccc(Cl)cc1C(NN)C1=CCCCC1. The van der Waals surface area contributed by atoms with Crippen molar-refractivity contribution in [3.63, 3.8) is 0 Å². The predicted molar refractivity (Wildman–Crippen MR) is 74.6 cm³/mol. The maximum Gasteiger partial charge on any atom is 0.124 e. The normalized spacial score (nSPS) is 17.2. The average Bonchev–Trinajstić information content (AvgIpc) is 2.41. The van der Waals surface area contributed by atoms with Gasteiger partial charge >= 0.3 is 0 Å². The summed E-state index contributed by atoms with van der Waals surface area (Å²) in [5.74, 6) is 6.53. The number of benzene rings is 1. The first-order chi connectivity index (χ1) is 8.76. The number of rotatable bonds is 4. The van der Waals surface area contributed by atoms with Crippen molar-refractivity contribution in [1.29, 1.82) is 0 Å². The lowest BCUT2D eigenvalue weighted by Crippen LogP contribution is -2.30. The van der Waals surface area contributed by atoms with Crippen molar-refractivity contribution in [2.75, 3.05) is 7.11 Å². The van der Waals surface area contributed by atoms with Gasteiger partial charge in [0.25, 0.3) is 0 Å². The van der Waals surface area contributed by atoms with Gasteiger partial charge in [0.2, 0.25) is 0 Å². The van der Waals surface area contributed by atoms with Crippen molar-refractivity contribution in [2.45, 2.75) is 31.7 Å². The third-order valence-corrected chi connectivity index (χ3v) is 3.60. The molecular formula is C14H19ClN2O. The molecule has 18 heavy (non-hydrogen) atoms. The van der Waals surface area contributed by atoms with Crippen LogP contribution in [0.2, 0.25) is 5.02 Å². The molecule has 1 aliphatic rings. The lowest BCUT2D eigenvalue weighted by molar-refractivity contribution is 0.402. The summed E-state index contributed by atoms with van der Waals surface area (Å²) in [7, 11) is 1.66. The summed E-state index contributed by atoms with van der Waals surface area (Å²) in [4.78, 5) is 0. The Kier molecular flexibility index (Phi) is 4.64. The molecule has 0 bridgehead atoms. The molecule has 0 fully saturated rings. The minimum Gasteiger partial charge on any atom is -0.496 e. The highest BCUT2D eigenvalue weighted by Crippen LogP contribution is 2.35. The van der Waals surface area contributed by atoms with Crippen LogP contribution in [0, 0.1) is 0 Å². The zero-order valence-electron chi connectivity index (χ0n) is 10.6. The Balaban J connectivity index is 2.37. The topological polar surface area (TPSA) is 47.3 Å². The molecule has 1 unspecified atom stereocenters. The van der Waals surface area contributed by atoms with Gasteiger partial charge in [-0.1, -0.05) is 23.3 Å². The lowest BCUT2D eigenvalue weighted by Gasteiger charge is -2.24. The van der Waals surface area contributed by atoms with Crippen LogP contribution in [-0.2, 0) is 0 Å². The van der Waals surface area contributed by atoms with E-state index >= 15 is 0 Å². The number of nitrogens with one attached hydrogen (secondary N) is 1. The van der Waals surface area contributed by atoms with Crippen molar-refractivity contribution in [2.24, 2.45) is 5.84 Å². The Morgan fingerprint density at radius 3 is 2.83 bits per heavy atom. The molecule has 3 nitrogen and oxygen atoms in total. The fraction of sp³-hybridized carbons (Fsp3) is 0.429. The molecule has 1 aromatic carbocycles.